The average Bonchev–Trinajstić information content (AvgIpc) is 3.12. The monoisotopic (exact) mass is 416 g/mol. The molecule has 0 unspecified atom stereocenters. The van der Waals surface area contributed by atoms with Gasteiger partial charge in [0.15, 0.2) is 11.5 Å². The molecule has 154 valence electrons. The van der Waals surface area contributed by atoms with Crippen LogP contribution in [0, 0.1) is 0 Å². The van der Waals surface area contributed by atoms with Crippen molar-refractivity contribution in [3.63, 3.8) is 0 Å². The number of aryl methyl sites for hydroxylation is 2. The van der Waals surface area contributed by atoms with Crippen LogP contribution in [0.4, 0.5) is 0 Å². The maximum absolute atomic E-state index is 12.5. The third kappa shape index (κ3) is 4.32. The van der Waals surface area contributed by atoms with Gasteiger partial charge in [0.05, 0.1) is 12.0 Å². The first-order chi connectivity index (χ1) is 14.2. The molecule has 0 saturated carbocycles. The van der Waals surface area contributed by atoms with E-state index in [0.29, 0.717) is 40.9 Å². The molecule has 2 heterocycles. The lowest BCUT2D eigenvalue weighted by molar-refractivity contribution is 0.0848. The minimum absolute atomic E-state index is 0.306. The van der Waals surface area contributed by atoms with Gasteiger partial charge in [0.2, 0.25) is 5.75 Å². The van der Waals surface area contributed by atoms with Crippen LogP contribution in [0.3, 0.4) is 0 Å². The average molecular weight is 416 g/mol. The third-order valence-corrected chi connectivity index (χ3v) is 6.34. The quantitative estimate of drug-likeness (QED) is 0.750. The zero-order valence-electron chi connectivity index (χ0n) is 16.3. The van der Waals surface area contributed by atoms with E-state index >= 15 is 0 Å². The summed E-state index contributed by atoms with van der Waals surface area (Å²) in [6, 6.07) is 5.10. The van der Waals surface area contributed by atoms with Gasteiger partial charge in [0.1, 0.15) is 13.2 Å². The zero-order chi connectivity index (χ0) is 20.2. The van der Waals surface area contributed by atoms with Crippen LogP contribution in [0.1, 0.15) is 56.2 Å². The largest absolute Gasteiger partial charge is 0.493 e. The Morgan fingerprint density at radius 1 is 0.966 bits per heavy atom. The topological polar surface area (TPSA) is 85.9 Å². The molecule has 0 spiro atoms. The van der Waals surface area contributed by atoms with E-state index in [1.165, 1.54) is 41.7 Å². The molecule has 0 bridgehead atoms. The maximum atomic E-state index is 12.5. The molecule has 2 amide bonds. The molecule has 8 heteroatoms. The van der Waals surface area contributed by atoms with E-state index < -0.39 is 5.91 Å². The Kier molecular flexibility index (Phi) is 5.89. The Labute approximate surface area is 173 Å². The number of carbonyl (C=O) groups excluding carboxylic acids is 2. The maximum Gasteiger partial charge on any atom is 0.279 e. The predicted molar refractivity (Wildman–Crippen MR) is 109 cm³/mol. The molecule has 7 nitrogen and oxygen atoms in total. The van der Waals surface area contributed by atoms with Crippen molar-refractivity contribution in [1.29, 1.82) is 0 Å². The normalized spacial score (nSPS) is 15.5. The number of amides is 2. The first-order valence-corrected chi connectivity index (χ1v) is 10.7. The SMILES string of the molecule is COc1cc(C(=O)NNC(=O)c2cc3c(s2)CCCCCC3)cc2c1OCCO2. The number of carbonyl (C=O) groups is 2. The number of fused-ring (bicyclic) bond motifs is 2. The Morgan fingerprint density at radius 2 is 1.72 bits per heavy atom. The highest BCUT2D eigenvalue weighted by Crippen LogP contribution is 2.40. The Hall–Kier alpha value is -2.74. The van der Waals surface area contributed by atoms with Crippen molar-refractivity contribution in [3.05, 3.63) is 39.1 Å². The number of rotatable bonds is 3. The number of hydrogen-bond donors (Lipinski definition) is 2. The fraction of sp³-hybridized carbons (Fsp3) is 0.429. The van der Waals surface area contributed by atoms with Gasteiger partial charge in [0.25, 0.3) is 11.8 Å². The third-order valence-electron chi connectivity index (χ3n) is 5.10. The Balaban J connectivity index is 1.43. The first kappa shape index (κ1) is 19.6. The molecule has 0 fully saturated rings. The van der Waals surface area contributed by atoms with Gasteiger partial charge in [-0.2, -0.15) is 0 Å². The molecule has 1 aliphatic heterocycles. The first-order valence-electron chi connectivity index (χ1n) is 9.85. The van der Waals surface area contributed by atoms with E-state index in [4.69, 9.17) is 14.2 Å². The number of benzene rings is 1. The molecule has 2 aliphatic rings. The number of methoxy groups -OCH3 is 1. The van der Waals surface area contributed by atoms with Crippen molar-refractivity contribution in [3.8, 4) is 17.2 Å². The lowest BCUT2D eigenvalue weighted by atomic mass is 10.00. The second kappa shape index (κ2) is 8.73. The number of hydrazine groups is 1. The van der Waals surface area contributed by atoms with Gasteiger partial charge < -0.3 is 14.2 Å². The lowest BCUT2D eigenvalue weighted by Gasteiger charge is -2.21. The number of nitrogens with one attached hydrogen (secondary N) is 2. The van der Waals surface area contributed by atoms with Crippen molar-refractivity contribution in [2.45, 2.75) is 38.5 Å². The highest BCUT2D eigenvalue weighted by atomic mass is 32.1. The molecule has 4 rings (SSSR count). The molecule has 0 radical (unpaired) electrons. The summed E-state index contributed by atoms with van der Waals surface area (Å²) in [7, 11) is 1.50. The minimum Gasteiger partial charge on any atom is -0.493 e. The summed E-state index contributed by atoms with van der Waals surface area (Å²) in [5.74, 6) is 0.584. The van der Waals surface area contributed by atoms with Crippen molar-refractivity contribution in [1.82, 2.24) is 10.9 Å². The van der Waals surface area contributed by atoms with E-state index in [-0.39, 0.29) is 5.91 Å². The predicted octanol–water partition coefficient (Wildman–Crippen LogP) is 3.26. The molecular weight excluding hydrogens is 392 g/mol. The van der Waals surface area contributed by atoms with Crippen molar-refractivity contribution < 1.29 is 23.8 Å². The molecular formula is C21H24N2O5S. The second-order valence-corrected chi connectivity index (χ2v) is 8.22. The van der Waals surface area contributed by atoms with Crippen molar-refractivity contribution >= 4 is 23.2 Å². The summed E-state index contributed by atoms with van der Waals surface area (Å²) in [4.78, 5) is 27.0. The molecule has 2 N–H and O–H groups in total. The van der Waals surface area contributed by atoms with Gasteiger partial charge in [-0.15, -0.1) is 11.3 Å². The van der Waals surface area contributed by atoms with Gasteiger partial charge in [-0.1, -0.05) is 12.8 Å². The van der Waals surface area contributed by atoms with E-state index in [9.17, 15) is 9.59 Å². The van der Waals surface area contributed by atoms with Crippen molar-refractivity contribution in [2.75, 3.05) is 20.3 Å². The molecule has 1 aromatic heterocycles. The van der Waals surface area contributed by atoms with Crippen LogP contribution in [0.2, 0.25) is 0 Å². The summed E-state index contributed by atoms with van der Waals surface area (Å²) in [5.41, 5.74) is 6.57. The molecule has 1 aromatic carbocycles. The summed E-state index contributed by atoms with van der Waals surface area (Å²) in [6.07, 6.45) is 6.85. The van der Waals surface area contributed by atoms with Gasteiger partial charge in [-0.25, -0.2) is 0 Å². The standard InChI is InChI=1S/C21H24N2O5S/c1-26-15-10-14(11-16-19(15)28-9-8-27-16)20(24)22-23-21(25)18-12-13-6-4-2-3-5-7-17(13)29-18/h10-12H,2-9H2,1H3,(H,22,24)(H,23,25). The van der Waals surface area contributed by atoms with Gasteiger partial charge in [-0.3, -0.25) is 20.4 Å². The summed E-state index contributed by atoms with van der Waals surface area (Å²) >= 11 is 1.52. The van der Waals surface area contributed by atoms with Crippen LogP contribution in [-0.2, 0) is 12.8 Å². The molecule has 0 atom stereocenters. The molecule has 1 aliphatic carbocycles. The van der Waals surface area contributed by atoms with Crippen LogP contribution >= 0.6 is 11.3 Å². The molecule has 2 aromatic rings. The molecule has 0 saturated heterocycles. The van der Waals surface area contributed by atoms with Crippen molar-refractivity contribution in [2.24, 2.45) is 0 Å². The highest BCUT2D eigenvalue weighted by Gasteiger charge is 2.22. The summed E-state index contributed by atoms with van der Waals surface area (Å²) < 4.78 is 16.4. The van der Waals surface area contributed by atoms with Gasteiger partial charge >= 0.3 is 0 Å². The highest BCUT2D eigenvalue weighted by molar-refractivity contribution is 7.14. The van der Waals surface area contributed by atoms with E-state index in [0.717, 1.165) is 25.7 Å². The number of thiophene rings is 1. The van der Waals surface area contributed by atoms with Crippen LogP contribution < -0.4 is 25.1 Å². The molecule has 29 heavy (non-hydrogen) atoms. The summed E-state index contributed by atoms with van der Waals surface area (Å²) in [5, 5.41) is 0. The van der Waals surface area contributed by atoms with Gasteiger partial charge in [0, 0.05) is 10.4 Å². The summed E-state index contributed by atoms with van der Waals surface area (Å²) in [6.45, 7) is 0.830. The van der Waals surface area contributed by atoms with Crippen LogP contribution in [0.5, 0.6) is 17.2 Å². The smallest absolute Gasteiger partial charge is 0.279 e. The van der Waals surface area contributed by atoms with E-state index in [1.807, 2.05) is 6.07 Å². The lowest BCUT2D eigenvalue weighted by Crippen LogP contribution is -2.41. The fourth-order valence-corrected chi connectivity index (χ4v) is 4.76. The van der Waals surface area contributed by atoms with E-state index in [2.05, 4.69) is 10.9 Å². The number of ether oxygens (including phenoxy) is 3. The van der Waals surface area contributed by atoms with Crippen LogP contribution in [0.15, 0.2) is 18.2 Å². The van der Waals surface area contributed by atoms with Crippen LogP contribution in [-0.4, -0.2) is 32.1 Å². The van der Waals surface area contributed by atoms with Gasteiger partial charge in [-0.05, 0) is 49.4 Å². The minimum atomic E-state index is -0.455. The van der Waals surface area contributed by atoms with E-state index in [1.54, 1.807) is 12.1 Å². The Morgan fingerprint density at radius 3 is 2.55 bits per heavy atom. The Bertz CT molecular complexity index is 881. The zero-order valence-corrected chi connectivity index (χ0v) is 17.2. The second-order valence-electron chi connectivity index (χ2n) is 7.08. The number of hydrogen-bond acceptors (Lipinski definition) is 6. The van der Waals surface area contributed by atoms with Crippen LogP contribution in [0.25, 0.3) is 0 Å². The fourth-order valence-electron chi connectivity index (χ4n) is 3.61.